The van der Waals surface area contributed by atoms with Crippen LogP contribution in [0.3, 0.4) is 0 Å². The van der Waals surface area contributed by atoms with E-state index in [-0.39, 0.29) is 6.04 Å². The molecule has 96 valence electrons. The van der Waals surface area contributed by atoms with Gasteiger partial charge in [-0.15, -0.1) is 11.3 Å². The summed E-state index contributed by atoms with van der Waals surface area (Å²) in [6, 6.07) is 11.2. The largest absolute Gasteiger partial charge is 0.306 e. The summed E-state index contributed by atoms with van der Waals surface area (Å²) in [6.07, 6.45) is 1.14. The zero-order chi connectivity index (χ0) is 13.0. The van der Waals surface area contributed by atoms with Gasteiger partial charge in [-0.2, -0.15) is 0 Å². The van der Waals surface area contributed by atoms with Crippen molar-refractivity contribution < 1.29 is 0 Å². The Kier molecular flexibility index (Phi) is 5.66. The lowest BCUT2D eigenvalue weighted by atomic mass is 10.1. The molecular formula is C14H15BrINS. The van der Waals surface area contributed by atoms with Crippen molar-refractivity contribution in [3.63, 3.8) is 0 Å². The Morgan fingerprint density at radius 2 is 2.00 bits per heavy atom. The lowest BCUT2D eigenvalue weighted by Gasteiger charge is -2.18. The molecule has 1 heterocycles. The maximum Gasteiger partial charge on any atom is 0.0682 e. The van der Waals surface area contributed by atoms with E-state index < -0.39 is 0 Å². The average Bonchev–Trinajstić information content (AvgIpc) is 2.78. The van der Waals surface area contributed by atoms with E-state index >= 15 is 0 Å². The molecule has 1 aromatic heterocycles. The summed E-state index contributed by atoms with van der Waals surface area (Å²) < 4.78 is 2.47. The number of thiophene rings is 1. The van der Waals surface area contributed by atoms with Crippen LogP contribution in [0.1, 0.15) is 29.8 Å². The summed E-state index contributed by atoms with van der Waals surface area (Å²) in [5.41, 5.74) is 1.33. The number of hydrogen-bond acceptors (Lipinski definition) is 2. The normalized spacial score (nSPS) is 12.6. The standard InChI is InChI=1S/C14H15BrINS/c1-2-8-17-13(14-12(15)7-9-18-14)10-3-5-11(16)6-4-10/h3-7,9,13,17H,2,8H2,1H3. The molecule has 0 aliphatic carbocycles. The molecule has 1 aromatic carbocycles. The molecule has 18 heavy (non-hydrogen) atoms. The molecule has 1 atom stereocenters. The predicted octanol–water partition coefficient (Wildman–Crippen LogP) is 5.20. The number of benzene rings is 1. The highest BCUT2D eigenvalue weighted by Gasteiger charge is 2.17. The molecule has 1 unspecified atom stereocenters. The molecule has 0 aliphatic heterocycles. The highest BCUT2D eigenvalue weighted by molar-refractivity contribution is 14.1. The lowest BCUT2D eigenvalue weighted by molar-refractivity contribution is 0.604. The second kappa shape index (κ2) is 7.03. The van der Waals surface area contributed by atoms with Crippen LogP contribution in [0.15, 0.2) is 40.2 Å². The van der Waals surface area contributed by atoms with Crippen LogP contribution < -0.4 is 5.32 Å². The van der Waals surface area contributed by atoms with Crippen molar-refractivity contribution in [2.75, 3.05) is 6.54 Å². The molecule has 0 saturated heterocycles. The van der Waals surface area contributed by atoms with Crippen molar-refractivity contribution >= 4 is 49.9 Å². The second-order valence-electron chi connectivity index (χ2n) is 4.07. The number of hydrogen-bond donors (Lipinski definition) is 1. The van der Waals surface area contributed by atoms with Gasteiger partial charge in [0.2, 0.25) is 0 Å². The summed E-state index contributed by atoms with van der Waals surface area (Å²) >= 11 is 7.78. The number of halogens is 2. The van der Waals surface area contributed by atoms with Crippen LogP contribution >= 0.6 is 49.9 Å². The van der Waals surface area contributed by atoms with Gasteiger partial charge in [0.1, 0.15) is 0 Å². The van der Waals surface area contributed by atoms with Crippen LogP contribution in [-0.4, -0.2) is 6.54 Å². The van der Waals surface area contributed by atoms with Crippen LogP contribution in [0.25, 0.3) is 0 Å². The lowest BCUT2D eigenvalue weighted by Crippen LogP contribution is -2.22. The Hall–Kier alpha value is 0.0900. The molecule has 2 aromatic rings. The van der Waals surface area contributed by atoms with E-state index in [0.29, 0.717) is 0 Å². The van der Waals surface area contributed by atoms with Gasteiger partial charge in [-0.25, -0.2) is 0 Å². The smallest absolute Gasteiger partial charge is 0.0682 e. The number of rotatable bonds is 5. The molecule has 0 aliphatic rings. The van der Waals surface area contributed by atoms with Crippen molar-refractivity contribution in [2.24, 2.45) is 0 Å². The molecule has 1 nitrogen and oxygen atoms in total. The van der Waals surface area contributed by atoms with Gasteiger partial charge in [0, 0.05) is 12.9 Å². The molecule has 0 spiro atoms. The minimum Gasteiger partial charge on any atom is -0.306 e. The van der Waals surface area contributed by atoms with E-state index in [1.54, 1.807) is 11.3 Å². The summed E-state index contributed by atoms with van der Waals surface area (Å²) in [5.74, 6) is 0. The summed E-state index contributed by atoms with van der Waals surface area (Å²) in [4.78, 5) is 1.35. The number of nitrogens with one attached hydrogen (secondary N) is 1. The fraction of sp³-hybridized carbons (Fsp3) is 0.286. The van der Waals surface area contributed by atoms with Crippen molar-refractivity contribution in [3.8, 4) is 0 Å². The van der Waals surface area contributed by atoms with Gasteiger partial charge >= 0.3 is 0 Å². The van der Waals surface area contributed by atoms with Gasteiger partial charge in [-0.3, -0.25) is 0 Å². The van der Waals surface area contributed by atoms with E-state index in [0.717, 1.165) is 13.0 Å². The molecule has 0 amide bonds. The first-order valence-electron chi connectivity index (χ1n) is 5.94. The Morgan fingerprint density at radius 3 is 2.56 bits per heavy atom. The molecule has 0 fully saturated rings. The third-order valence-electron chi connectivity index (χ3n) is 2.71. The first kappa shape index (κ1) is 14.5. The zero-order valence-corrected chi connectivity index (χ0v) is 14.7. The van der Waals surface area contributed by atoms with Crippen molar-refractivity contribution in [1.29, 1.82) is 0 Å². The Bertz CT molecular complexity index is 495. The highest BCUT2D eigenvalue weighted by Crippen LogP contribution is 2.33. The predicted molar refractivity (Wildman–Crippen MR) is 91.3 cm³/mol. The molecule has 0 bridgehead atoms. The van der Waals surface area contributed by atoms with Crippen LogP contribution in [-0.2, 0) is 0 Å². The van der Waals surface area contributed by atoms with Gasteiger partial charge in [-0.1, -0.05) is 19.1 Å². The third kappa shape index (κ3) is 3.56. The van der Waals surface area contributed by atoms with Gasteiger partial charge < -0.3 is 5.32 Å². The molecule has 4 heteroatoms. The van der Waals surface area contributed by atoms with Crippen molar-refractivity contribution in [1.82, 2.24) is 5.32 Å². The van der Waals surface area contributed by atoms with Crippen LogP contribution in [0.2, 0.25) is 0 Å². The van der Waals surface area contributed by atoms with Gasteiger partial charge in [-0.05, 0) is 80.6 Å². The average molecular weight is 436 g/mol. The highest BCUT2D eigenvalue weighted by atomic mass is 127. The minimum atomic E-state index is 0.288. The van der Waals surface area contributed by atoms with Gasteiger partial charge in [0.25, 0.3) is 0 Å². The summed E-state index contributed by atoms with van der Waals surface area (Å²) in [5, 5.41) is 5.76. The second-order valence-corrected chi connectivity index (χ2v) is 7.12. The first-order chi connectivity index (χ1) is 8.72. The fourth-order valence-electron chi connectivity index (χ4n) is 1.82. The Balaban J connectivity index is 2.30. The van der Waals surface area contributed by atoms with Gasteiger partial charge in [0.05, 0.1) is 6.04 Å². The van der Waals surface area contributed by atoms with E-state index in [4.69, 9.17) is 0 Å². The topological polar surface area (TPSA) is 12.0 Å². The summed E-state index contributed by atoms with van der Waals surface area (Å²) in [7, 11) is 0. The quantitative estimate of drug-likeness (QED) is 0.636. The maximum absolute atomic E-state index is 3.64. The minimum absolute atomic E-state index is 0.288. The Morgan fingerprint density at radius 1 is 1.28 bits per heavy atom. The SMILES string of the molecule is CCCNC(c1ccc(I)cc1)c1sccc1Br. The van der Waals surface area contributed by atoms with Crippen LogP contribution in [0, 0.1) is 3.57 Å². The van der Waals surface area contributed by atoms with Crippen molar-refractivity contribution in [2.45, 2.75) is 19.4 Å². The Labute approximate surface area is 134 Å². The van der Waals surface area contributed by atoms with Crippen LogP contribution in [0.4, 0.5) is 0 Å². The van der Waals surface area contributed by atoms with Crippen LogP contribution in [0.5, 0.6) is 0 Å². The van der Waals surface area contributed by atoms with Crippen molar-refractivity contribution in [3.05, 3.63) is 54.2 Å². The molecule has 2 rings (SSSR count). The maximum atomic E-state index is 3.64. The molecule has 1 N–H and O–H groups in total. The summed E-state index contributed by atoms with van der Waals surface area (Å²) in [6.45, 7) is 3.22. The monoisotopic (exact) mass is 435 g/mol. The molecule has 0 radical (unpaired) electrons. The third-order valence-corrected chi connectivity index (χ3v) is 5.36. The molecular weight excluding hydrogens is 421 g/mol. The zero-order valence-electron chi connectivity index (χ0n) is 10.1. The fourth-order valence-corrected chi connectivity index (χ4v) is 3.88. The van der Waals surface area contributed by atoms with E-state index in [2.05, 4.69) is 86.5 Å². The first-order valence-corrected chi connectivity index (χ1v) is 8.69. The van der Waals surface area contributed by atoms with E-state index in [1.165, 1.54) is 18.5 Å². The van der Waals surface area contributed by atoms with Gasteiger partial charge in [0.15, 0.2) is 0 Å². The van der Waals surface area contributed by atoms with E-state index in [9.17, 15) is 0 Å². The van der Waals surface area contributed by atoms with E-state index in [1.807, 2.05) is 0 Å². The molecule has 0 saturated carbocycles.